The number of methoxy groups -OCH3 is 2. The molecule has 0 aliphatic carbocycles. The maximum absolute atomic E-state index is 12.0. The van der Waals surface area contributed by atoms with Crippen LogP contribution in [0, 0.1) is 0 Å². The van der Waals surface area contributed by atoms with Crippen LogP contribution in [0.15, 0.2) is 42.5 Å². The summed E-state index contributed by atoms with van der Waals surface area (Å²) in [6, 6.07) is 11.9. The van der Waals surface area contributed by atoms with E-state index in [1.54, 1.807) is 54.1 Å². The van der Waals surface area contributed by atoms with Gasteiger partial charge in [-0.05, 0) is 60.5 Å². The number of rotatable bonds is 9. The molecule has 8 nitrogen and oxygen atoms in total. The van der Waals surface area contributed by atoms with Crippen molar-refractivity contribution >= 4 is 30.3 Å². The minimum atomic E-state index is -0.389. The summed E-state index contributed by atoms with van der Waals surface area (Å²) in [4.78, 5) is 12.0. The Hall–Kier alpha value is -4.20. The van der Waals surface area contributed by atoms with E-state index in [1.807, 2.05) is 24.3 Å². The largest absolute Gasteiger partial charge is 0.504 e. The second kappa shape index (κ2) is 10.9. The number of phenolic OH excluding ortho intramolecular Hbond substituents is 2. The molecule has 0 fully saturated rings. The lowest BCUT2D eigenvalue weighted by Crippen LogP contribution is -2.15. The lowest BCUT2D eigenvalue weighted by molar-refractivity contribution is -0.144. The van der Waals surface area contributed by atoms with Crippen molar-refractivity contribution in [2.45, 2.75) is 13.5 Å². The van der Waals surface area contributed by atoms with Crippen molar-refractivity contribution in [3.05, 3.63) is 65.0 Å². The third-order valence-electron chi connectivity index (χ3n) is 4.71. The molecule has 0 unspecified atom stereocenters. The standard InChI is InChI=1S/C25H26N2O6/c1-4-33-25(30)16-27-20(10-6-18-8-12-22(29)24(14-18)32-3)15-19(26-27)9-5-17-7-11-21(28)23(13-17)31-2/h5-15,28-29H,4,16H2,1-3H3/b9-5+,10-6+. The van der Waals surface area contributed by atoms with Gasteiger partial charge in [-0.25, -0.2) is 0 Å². The highest BCUT2D eigenvalue weighted by Crippen LogP contribution is 2.28. The highest BCUT2D eigenvalue weighted by Gasteiger charge is 2.10. The van der Waals surface area contributed by atoms with E-state index in [1.165, 1.54) is 14.2 Å². The van der Waals surface area contributed by atoms with Crippen LogP contribution in [0.3, 0.4) is 0 Å². The monoisotopic (exact) mass is 450 g/mol. The predicted molar refractivity (Wildman–Crippen MR) is 126 cm³/mol. The molecule has 0 amide bonds. The topological polar surface area (TPSA) is 103 Å². The van der Waals surface area contributed by atoms with Crippen LogP contribution in [0.2, 0.25) is 0 Å². The third kappa shape index (κ3) is 6.16. The number of phenols is 2. The molecule has 172 valence electrons. The molecule has 3 aromatic rings. The van der Waals surface area contributed by atoms with Crippen molar-refractivity contribution in [1.82, 2.24) is 9.78 Å². The number of esters is 1. The van der Waals surface area contributed by atoms with Crippen LogP contribution in [0.5, 0.6) is 23.0 Å². The van der Waals surface area contributed by atoms with Gasteiger partial charge in [0.1, 0.15) is 6.54 Å². The Kier molecular flexibility index (Phi) is 7.75. The molecule has 33 heavy (non-hydrogen) atoms. The van der Waals surface area contributed by atoms with Gasteiger partial charge in [-0.15, -0.1) is 0 Å². The van der Waals surface area contributed by atoms with Crippen LogP contribution in [0.1, 0.15) is 29.4 Å². The molecule has 8 heteroatoms. The van der Waals surface area contributed by atoms with Crippen molar-refractivity contribution in [2.24, 2.45) is 0 Å². The van der Waals surface area contributed by atoms with E-state index in [0.29, 0.717) is 22.9 Å². The molecule has 0 saturated heterocycles. The Bertz CT molecular complexity index is 1180. The average molecular weight is 450 g/mol. The number of carbonyl (C=O) groups is 1. The van der Waals surface area contributed by atoms with Crippen LogP contribution < -0.4 is 9.47 Å². The van der Waals surface area contributed by atoms with E-state index in [9.17, 15) is 15.0 Å². The van der Waals surface area contributed by atoms with Crippen LogP contribution in [-0.4, -0.2) is 46.8 Å². The fourth-order valence-electron chi connectivity index (χ4n) is 3.08. The summed E-state index contributed by atoms with van der Waals surface area (Å²) in [5.74, 6) is 0.468. The van der Waals surface area contributed by atoms with Crippen LogP contribution in [-0.2, 0) is 16.1 Å². The van der Waals surface area contributed by atoms with E-state index in [4.69, 9.17) is 14.2 Å². The highest BCUT2D eigenvalue weighted by molar-refractivity contribution is 5.75. The molecule has 2 N–H and O–H groups in total. The van der Waals surface area contributed by atoms with Gasteiger partial charge in [0.15, 0.2) is 23.0 Å². The number of nitrogens with zero attached hydrogens (tertiary/aromatic N) is 2. The maximum atomic E-state index is 12.0. The molecule has 2 aromatic carbocycles. The number of benzene rings is 2. The first kappa shape index (κ1) is 23.5. The predicted octanol–water partition coefficient (Wildman–Crippen LogP) is 4.22. The molecule has 0 saturated carbocycles. The number of carbonyl (C=O) groups excluding carboxylic acids is 1. The summed E-state index contributed by atoms with van der Waals surface area (Å²) in [5, 5.41) is 24.0. The number of hydrogen-bond donors (Lipinski definition) is 2. The Morgan fingerprint density at radius 3 is 2.03 bits per heavy atom. The molecule has 0 radical (unpaired) electrons. The van der Waals surface area contributed by atoms with Crippen molar-refractivity contribution in [2.75, 3.05) is 20.8 Å². The van der Waals surface area contributed by atoms with Gasteiger partial charge in [0.2, 0.25) is 0 Å². The minimum absolute atomic E-state index is 0.0344. The molecule has 0 spiro atoms. The van der Waals surface area contributed by atoms with E-state index in [-0.39, 0.29) is 30.6 Å². The van der Waals surface area contributed by atoms with Gasteiger partial charge in [0.05, 0.1) is 32.2 Å². The Morgan fingerprint density at radius 1 is 0.909 bits per heavy atom. The molecule has 0 bridgehead atoms. The lowest BCUT2D eigenvalue weighted by atomic mass is 10.1. The molecular weight excluding hydrogens is 424 g/mol. The number of hydrogen-bond acceptors (Lipinski definition) is 7. The smallest absolute Gasteiger partial charge is 0.327 e. The first-order chi connectivity index (χ1) is 15.9. The first-order valence-electron chi connectivity index (χ1n) is 10.3. The zero-order valence-electron chi connectivity index (χ0n) is 18.7. The Labute approximate surface area is 192 Å². The molecule has 0 aliphatic heterocycles. The van der Waals surface area contributed by atoms with Gasteiger partial charge in [0.25, 0.3) is 0 Å². The second-order valence-corrected chi connectivity index (χ2v) is 6.99. The van der Waals surface area contributed by atoms with Gasteiger partial charge < -0.3 is 24.4 Å². The summed E-state index contributed by atoms with van der Waals surface area (Å²) >= 11 is 0. The summed E-state index contributed by atoms with van der Waals surface area (Å²) in [7, 11) is 2.97. The molecule has 0 atom stereocenters. The summed E-state index contributed by atoms with van der Waals surface area (Å²) in [5.41, 5.74) is 2.95. The quantitative estimate of drug-likeness (QED) is 0.471. The van der Waals surface area contributed by atoms with Crippen LogP contribution >= 0.6 is 0 Å². The normalized spacial score (nSPS) is 11.2. The summed E-state index contributed by atoms with van der Waals surface area (Å²) < 4.78 is 16.9. The zero-order valence-corrected chi connectivity index (χ0v) is 18.7. The fourth-order valence-corrected chi connectivity index (χ4v) is 3.08. The van der Waals surface area contributed by atoms with Crippen LogP contribution in [0.25, 0.3) is 24.3 Å². The van der Waals surface area contributed by atoms with E-state index >= 15 is 0 Å². The molecule has 0 aliphatic rings. The van der Waals surface area contributed by atoms with Crippen molar-refractivity contribution < 1.29 is 29.2 Å². The Balaban J connectivity index is 1.89. The lowest BCUT2D eigenvalue weighted by Gasteiger charge is -2.05. The number of aromatic hydroxyl groups is 2. The second-order valence-electron chi connectivity index (χ2n) is 6.99. The third-order valence-corrected chi connectivity index (χ3v) is 4.71. The van der Waals surface area contributed by atoms with Crippen LogP contribution in [0.4, 0.5) is 0 Å². The van der Waals surface area contributed by atoms with Gasteiger partial charge in [-0.3, -0.25) is 9.48 Å². The van der Waals surface area contributed by atoms with Crippen molar-refractivity contribution in [3.63, 3.8) is 0 Å². The van der Waals surface area contributed by atoms with Gasteiger partial charge in [-0.2, -0.15) is 5.10 Å². The van der Waals surface area contributed by atoms with Crippen molar-refractivity contribution in [3.8, 4) is 23.0 Å². The molecular formula is C25H26N2O6. The summed E-state index contributed by atoms with van der Waals surface area (Å²) in [6.07, 6.45) is 7.28. The van der Waals surface area contributed by atoms with Gasteiger partial charge in [0, 0.05) is 0 Å². The highest BCUT2D eigenvalue weighted by atomic mass is 16.5. The first-order valence-corrected chi connectivity index (χ1v) is 10.3. The van der Waals surface area contributed by atoms with E-state index in [2.05, 4.69) is 5.10 Å². The van der Waals surface area contributed by atoms with E-state index in [0.717, 1.165) is 11.1 Å². The van der Waals surface area contributed by atoms with Crippen molar-refractivity contribution in [1.29, 1.82) is 0 Å². The number of aromatic nitrogens is 2. The summed E-state index contributed by atoms with van der Waals surface area (Å²) in [6.45, 7) is 2.00. The molecule has 1 aromatic heterocycles. The molecule has 3 rings (SSSR count). The van der Waals surface area contributed by atoms with Gasteiger partial charge in [-0.1, -0.05) is 24.3 Å². The van der Waals surface area contributed by atoms with Gasteiger partial charge >= 0.3 is 5.97 Å². The zero-order chi connectivity index (χ0) is 23.8. The number of ether oxygens (including phenoxy) is 3. The minimum Gasteiger partial charge on any atom is -0.504 e. The molecule has 1 heterocycles. The SMILES string of the molecule is CCOC(=O)Cn1nc(/C=C/c2ccc(O)c(OC)c2)cc1/C=C/c1ccc(O)c(OC)c1. The Morgan fingerprint density at radius 2 is 1.48 bits per heavy atom. The fraction of sp³-hybridized carbons (Fsp3) is 0.200. The maximum Gasteiger partial charge on any atom is 0.327 e. The average Bonchev–Trinajstić information content (AvgIpc) is 3.19. The van der Waals surface area contributed by atoms with E-state index < -0.39 is 0 Å².